The van der Waals surface area contributed by atoms with Gasteiger partial charge in [-0.15, -0.1) is 5.11 Å². The van der Waals surface area contributed by atoms with Crippen LogP contribution in [0.4, 0.5) is 28.4 Å². The first-order chi connectivity index (χ1) is 16.2. The van der Waals surface area contributed by atoms with E-state index in [0.29, 0.717) is 30.2 Å². The lowest BCUT2D eigenvalue weighted by atomic mass is 10.2. The summed E-state index contributed by atoms with van der Waals surface area (Å²) in [4.78, 5) is 48.7. The van der Waals surface area contributed by atoms with E-state index in [2.05, 4.69) is 15.5 Å². The van der Waals surface area contributed by atoms with Crippen molar-refractivity contribution in [3.63, 3.8) is 0 Å². The highest BCUT2D eigenvalue weighted by Crippen LogP contribution is 2.33. The number of hydrogen-bond donors (Lipinski definition) is 1. The highest BCUT2D eigenvalue weighted by molar-refractivity contribution is 6.32. The first-order valence-electron chi connectivity index (χ1n) is 10.3. The molecule has 3 rings (SSSR count). The van der Waals surface area contributed by atoms with Gasteiger partial charge in [-0.2, -0.15) is 5.11 Å². The number of halogens is 1. The minimum Gasteiger partial charge on any atom is -0.370 e. The number of likely N-dealkylation sites (N-methyl/N-ethyl adjacent to an activating group) is 1. The average molecular weight is 485 g/mol. The van der Waals surface area contributed by atoms with Crippen molar-refractivity contribution in [2.75, 3.05) is 29.9 Å². The molecule has 0 aliphatic carbocycles. The third-order valence-corrected chi connectivity index (χ3v) is 5.24. The van der Waals surface area contributed by atoms with Crippen molar-refractivity contribution in [3.05, 3.63) is 63.7 Å². The predicted octanol–water partition coefficient (Wildman–Crippen LogP) is 4.37. The number of carbonyl (C=O) groups excluding carboxylic acids is 3. The maximum Gasteiger partial charge on any atom is 0.288 e. The summed E-state index contributed by atoms with van der Waals surface area (Å²) in [7, 11) is 0. The molecule has 0 radical (unpaired) electrons. The molecule has 0 aromatic heterocycles. The molecule has 0 saturated carbocycles. The molecule has 176 valence electrons. The number of nitro groups is 1. The molecular formula is C22H21ClN6O5. The van der Waals surface area contributed by atoms with Crippen LogP contribution >= 0.6 is 11.6 Å². The Bertz CT molecular complexity index is 1190. The fourth-order valence-corrected chi connectivity index (χ4v) is 3.50. The number of imide groups is 1. The fraction of sp³-hybridized carbons (Fsp3) is 0.227. The first kappa shape index (κ1) is 24.5. The number of nitrogens with one attached hydrogen (secondary N) is 1. The summed E-state index contributed by atoms with van der Waals surface area (Å²) < 4.78 is 0. The van der Waals surface area contributed by atoms with Gasteiger partial charge < -0.3 is 10.2 Å². The molecule has 1 aliphatic rings. The third kappa shape index (κ3) is 5.81. The number of amides is 3. The van der Waals surface area contributed by atoms with Crippen LogP contribution in [-0.4, -0.2) is 47.2 Å². The Morgan fingerprint density at radius 2 is 1.85 bits per heavy atom. The Hall–Kier alpha value is -4.12. The second-order valence-electron chi connectivity index (χ2n) is 7.22. The first-order valence-corrected chi connectivity index (χ1v) is 10.6. The zero-order chi connectivity index (χ0) is 24.8. The number of azo groups is 1. The SMILES string of the molecule is CCN(CCN1C(=O)C=CC1=O)c1ccc(N=Nc2ccc([N+](=O)[O-])c(Cl)c2)c(NC(C)=O)c1. The average Bonchev–Trinajstić information content (AvgIpc) is 3.10. The van der Waals surface area contributed by atoms with Gasteiger partial charge in [0.25, 0.3) is 17.5 Å². The lowest BCUT2D eigenvalue weighted by Gasteiger charge is -2.26. The molecule has 1 aliphatic heterocycles. The van der Waals surface area contributed by atoms with Gasteiger partial charge in [-0.25, -0.2) is 0 Å². The molecule has 2 aromatic rings. The molecule has 0 spiro atoms. The molecule has 1 N–H and O–H groups in total. The quantitative estimate of drug-likeness (QED) is 0.243. The van der Waals surface area contributed by atoms with Crippen LogP contribution in [0.3, 0.4) is 0 Å². The van der Waals surface area contributed by atoms with Gasteiger partial charge >= 0.3 is 0 Å². The number of anilines is 2. The summed E-state index contributed by atoms with van der Waals surface area (Å²) in [5.41, 5.74) is 1.57. The van der Waals surface area contributed by atoms with E-state index in [1.807, 2.05) is 11.8 Å². The van der Waals surface area contributed by atoms with Crippen molar-refractivity contribution in [2.45, 2.75) is 13.8 Å². The molecule has 0 saturated heterocycles. The summed E-state index contributed by atoms with van der Waals surface area (Å²) in [6.07, 6.45) is 2.48. The largest absolute Gasteiger partial charge is 0.370 e. The number of benzene rings is 2. The molecule has 0 unspecified atom stereocenters. The van der Waals surface area contributed by atoms with Gasteiger partial charge in [-0.3, -0.25) is 29.4 Å². The van der Waals surface area contributed by atoms with E-state index in [1.165, 1.54) is 37.3 Å². The lowest BCUT2D eigenvalue weighted by Crippen LogP contribution is -2.38. The van der Waals surface area contributed by atoms with E-state index in [9.17, 15) is 24.5 Å². The Morgan fingerprint density at radius 1 is 1.15 bits per heavy atom. The monoisotopic (exact) mass is 484 g/mol. The Kier molecular flexibility index (Phi) is 7.69. The van der Waals surface area contributed by atoms with Gasteiger partial charge in [-0.1, -0.05) is 11.6 Å². The smallest absolute Gasteiger partial charge is 0.288 e. The maximum atomic E-state index is 11.8. The summed E-state index contributed by atoms with van der Waals surface area (Å²) in [6, 6.07) is 9.12. The number of hydrogen-bond acceptors (Lipinski definition) is 8. The predicted molar refractivity (Wildman–Crippen MR) is 127 cm³/mol. The standard InChI is InChI=1S/C22H21ClN6O5/c1-3-27(10-11-28-21(31)8-9-22(28)32)16-5-6-18(19(13-16)24-14(2)30)26-25-15-4-7-20(29(33)34)17(23)12-15/h4-9,12-13H,3,10-11H2,1-2H3,(H,24,30). The molecule has 1 heterocycles. The van der Waals surface area contributed by atoms with Gasteiger partial charge in [-0.05, 0) is 37.3 Å². The molecule has 0 atom stereocenters. The zero-order valence-electron chi connectivity index (χ0n) is 18.4. The third-order valence-electron chi connectivity index (χ3n) is 4.93. The number of rotatable bonds is 9. The van der Waals surface area contributed by atoms with E-state index >= 15 is 0 Å². The molecular weight excluding hydrogens is 464 g/mol. The molecule has 11 nitrogen and oxygen atoms in total. The van der Waals surface area contributed by atoms with Gasteiger partial charge in [0.1, 0.15) is 10.7 Å². The molecule has 0 fully saturated rings. The van der Waals surface area contributed by atoms with Crippen molar-refractivity contribution in [1.82, 2.24) is 4.90 Å². The fourth-order valence-electron chi connectivity index (χ4n) is 3.26. The van der Waals surface area contributed by atoms with E-state index in [-0.39, 0.29) is 35.0 Å². The summed E-state index contributed by atoms with van der Waals surface area (Å²) >= 11 is 5.92. The number of nitrogens with zero attached hydrogens (tertiary/aromatic N) is 5. The second kappa shape index (κ2) is 10.7. The minimum atomic E-state index is -0.595. The van der Waals surface area contributed by atoms with Crippen LogP contribution in [0.2, 0.25) is 5.02 Å². The summed E-state index contributed by atoms with van der Waals surface area (Å²) in [6.45, 7) is 4.49. The van der Waals surface area contributed by atoms with Crippen LogP contribution in [0.15, 0.2) is 58.8 Å². The van der Waals surface area contributed by atoms with Crippen LogP contribution in [0.25, 0.3) is 0 Å². The topological polar surface area (TPSA) is 138 Å². The van der Waals surface area contributed by atoms with Gasteiger partial charge in [0.05, 0.1) is 16.3 Å². The van der Waals surface area contributed by atoms with E-state index in [0.717, 1.165) is 10.6 Å². The molecule has 0 bridgehead atoms. The minimum absolute atomic E-state index is 0.0670. The van der Waals surface area contributed by atoms with E-state index in [4.69, 9.17) is 11.6 Å². The molecule has 34 heavy (non-hydrogen) atoms. The Labute approximate surface area is 199 Å². The van der Waals surface area contributed by atoms with Gasteiger partial charge in [0.15, 0.2) is 0 Å². The van der Waals surface area contributed by atoms with Crippen LogP contribution < -0.4 is 10.2 Å². The highest BCUT2D eigenvalue weighted by Gasteiger charge is 2.23. The van der Waals surface area contributed by atoms with Crippen molar-refractivity contribution in [3.8, 4) is 0 Å². The van der Waals surface area contributed by atoms with Crippen LogP contribution in [-0.2, 0) is 14.4 Å². The summed E-state index contributed by atoms with van der Waals surface area (Å²) in [5.74, 6) is -1.00. The van der Waals surface area contributed by atoms with Crippen molar-refractivity contribution in [1.29, 1.82) is 0 Å². The normalized spacial score (nSPS) is 13.1. The number of nitro benzene ring substituents is 1. The lowest BCUT2D eigenvalue weighted by molar-refractivity contribution is -0.384. The van der Waals surface area contributed by atoms with E-state index < -0.39 is 4.92 Å². The van der Waals surface area contributed by atoms with Crippen molar-refractivity contribution < 1.29 is 19.3 Å². The second-order valence-corrected chi connectivity index (χ2v) is 7.62. The number of carbonyl (C=O) groups is 3. The molecule has 12 heteroatoms. The summed E-state index contributed by atoms with van der Waals surface area (Å²) in [5, 5.41) is 21.8. The van der Waals surface area contributed by atoms with Crippen molar-refractivity contribution >= 4 is 57.8 Å². The van der Waals surface area contributed by atoms with Gasteiger partial charge in [0, 0.05) is 50.5 Å². The highest BCUT2D eigenvalue weighted by atomic mass is 35.5. The van der Waals surface area contributed by atoms with Crippen molar-refractivity contribution in [2.24, 2.45) is 10.2 Å². The Balaban J connectivity index is 1.82. The van der Waals surface area contributed by atoms with Gasteiger partial charge in [0.2, 0.25) is 5.91 Å². The van der Waals surface area contributed by atoms with E-state index in [1.54, 1.807) is 18.2 Å². The van der Waals surface area contributed by atoms with Crippen LogP contribution in [0.5, 0.6) is 0 Å². The van der Waals surface area contributed by atoms with Crippen LogP contribution in [0.1, 0.15) is 13.8 Å². The molecule has 2 aromatic carbocycles. The Morgan fingerprint density at radius 3 is 2.44 bits per heavy atom. The zero-order valence-corrected chi connectivity index (χ0v) is 19.2. The maximum absolute atomic E-state index is 11.8. The van der Waals surface area contributed by atoms with Crippen LogP contribution in [0, 0.1) is 10.1 Å². The molecule has 3 amide bonds.